The number of hydrogen-bond donors (Lipinski definition) is 2. The van der Waals surface area contributed by atoms with Crippen molar-refractivity contribution in [1.29, 1.82) is 0 Å². The number of aryl methyl sites for hydroxylation is 1. The fourth-order valence-corrected chi connectivity index (χ4v) is 2.91. The number of thiophene rings is 1. The number of halogens is 1. The number of nitrogens with two attached hydrogens (primary N) is 1. The highest BCUT2D eigenvalue weighted by Crippen LogP contribution is 2.22. The van der Waals surface area contributed by atoms with Crippen LogP contribution in [0.3, 0.4) is 0 Å². The molecule has 0 saturated heterocycles. The number of carbonyl (C=O) groups excluding carboxylic acids is 1. The summed E-state index contributed by atoms with van der Waals surface area (Å²) in [5, 5.41) is 8.77. The third kappa shape index (κ3) is 2.98. The van der Waals surface area contributed by atoms with Gasteiger partial charge in [-0.25, -0.2) is 0 Å². The minimum atomic E-state index is -0.683. The van der Waals surface area contributed by atoms with Gasteiger partial charge in [0.15, 0.2) is 0 Å². The van der Waals surface area contributed by atoms with E-state index in [4.69, 9.17) is 5.73 Å². The molecule has 2 aromatic rings. The van der Waals surface area contributed by atoms with Crippen molar-refractivity contribution in [3.05, 3.63) is 38.8 Å². The highest BCUT2D eigenvalue weighted by Gasteiger charge is 2.17. The minimum absolute atomic E-state index is 0.205. The van der Waals surface area contributed by atoms with E-state index in [0.717, 1.165) is 9.35 Å². The average molecular weight is 329 g/mol. The molecule has 0 saturated carbocycles. The van der Waals surface area contributed by atoms with Crippen LogP contribution in [0.2, 0.25) is 0 Å². The zero-order chi connectivity index (χ0) is 13.1. The number of amides is 1. The summed E-state index contributed by atoms with van der Waals surface area (Å²) in [7, 11) is 1.79. The highest BCUT2D eigenvalue weighted by atomic mass is 79.9. The minimum Gasteiger partial charge on any atom is -0.350 e. The van der Waals surface area contributed by atoms with Gasteiger partial charge in [-0.3, -0.25) is 9.48 Å². The van der Waals surface area contributed by atoms with Gasteiger partial charge in [-0.1, -0.05) is 0 Å². The van der Waals surface area contributed by atoms with Gasteiger partial charge in [0.05, 0.1) is 12.7 Å². The van der Waals surface area contributed by atoms with Gasteiger partial charge < -0.3 is 11.1 Å². The lowest BCUT2D eigenvalue weighted by molar-refractivity contribution is -0.122. The van der Waals surface area contributed by atoms with E-state index >= 15 is 0 Å². The van der Waals surface area contributed by atoms with E-state index in [-0.39, 0.29) is 5.91 Å². The molecule has 5 nitrogen and oxygen atoms in total. The molecule has 0 aromatic carbocycles. The number of nitrogens with zero attached hydrogens (tertiary/aromatic N) is 2. The summed E-state index contributed by atoms with van der Waals surface area (Å²) in [5.74, 6) is -0.205. The van der Waals surface area contributed by atoms with Crippen molar-refractivity contribution in [2.24, 2.45) is 12.8 Å². The molecule has 0 aliphatic rings. The summed E-state index contributed by atoms with van der Waals surface area (Å²) < 4.78 is 2.63. The van der Waals surface area contributed by atoms with Crippen LogP contribution in [0.1, 0.15) is 16.5 Å². The second kappa shape index (κ2) is 5.64. The van der Waals surface area contributed by atoms with Crippen molar-refractivity contribution < 1.29 is 4.79 Å². The van der Waals surface area contributed by atoms with Crippen LogP contribution in [0.25, 0.3) is 0 Å². The van der Waals surface area contributed by atoms with Crippen molar-refractivity contribution >= 4 is 33.2 Å². The molecule has 0 spiro atoms. The number of aromatic nitrogens is 2. The Kier molecular flexibility index (Phi) is 4.15. The molecular formula is C11H13BrN4OS. The van der Waals surface area contributed by atoms with Gasteiger partial charge in [0.2, 0.25) is 5.91 Å². The maximum absolute atomic E-state index is 11.9. The number of carbonyl (C=O) groups is 1. The quantitative estimate of drug-likeness (QED) is 0.894. The van der Waals surface area contributed by atoms with Gasteiger partial charge in [0.25, 0.3) is 0 Å². The first-order valence-electron chi connectivity index (χ1n) is 5.31. The van der Waals surface area contributed by atoms with E-state index in [1.54, 1.807) is 35.5 Å². The van der Waals surface area contributed by atoms with Crippen LogP contribution in [0.4, 0.5) is 0 Å². The van der Waals surface area contributed by atoms with Gasteiger partial charge in [-0.05, 0) is 27.4 Å². The zero-order valence-corrected chi connectivity index (χ0v) is 12.2. The highest BCUT2D eigenvalue weighted by molar-refractivity contribution is 9.10. The van der Waals surface area contributed by atoms with Crippen molar-refractivity contribution in [3.8, 4) is 0 Å². The van der Waals surface area contributed by atoms with E-state index in [0.29, 0.717) is 12.1 Å². The van der Waals surface area contributed by atoms with Gasteiger partial charge >= 0.3 is 0 Å². The Morgan fingerprint density at radius 1 is 1.72 bits per heavy atom. The molecule has 0 radical (unpaired) electrons. The molecule has 0 aliphatic heterocycles. The second-order valence-corrected chi connectivity index (χ2v) is 5.69. The molecule has 0 fully saturated rings. The molecule has 1 atom stereocenters. The monoisotopic (exact) mass is 328 g/mol. The number of rotatable bonds is 4. The maximum atomic E-state index is 11.9. The van der Waals surface area contributed by atoms with Crippen molar-refractivity contribution in [3.63, 3.8) is 0 Å². The van der Waals surface area contributed by atoms with Crippen molar-refractivity contribution in [1.82, 2.24) is 15.1 Å². The van der Waals surface area contributed by atoms with E-state index in [1.807, 2.05) is 11.4 Å². The molecule has 0 aliphatic carbocycles. The number of nitrogens with one attached hydrogen (secondary N) is 1. The Labute approximate surface area is 117 Å². The van der Waals surface area contributed by atoms with E-state index in [9.17, 15) is 4.79 Å². The summed E-state index contributed by atoms with van der Waals surface area (Å²) in [6, 6.07) is 1.27. The van der Waals surface area contributed by atoms with E-state index in [2.05, 4.69) is 26.3 Å². The second-order valence-electron chi connectivity index (χ2n) is 3.83. The molecule has 0 bridgehead atoms. The molecule has 2 heterocycles. The summed E-state index contributed by atoms with van der Waals surface area (Å²) in [5.41, 5.74) is 6.56. The smallest absolute Gasteiger partial charge is 0.241 e. The largest absolute Gasteiger partial charge is 0.350 e. The third-order valence-corrected chi connectivity index (χ3v) is 4.41. The van der Waals surface area contributed by atoms with Gasteiger partial charge in [-0.15, -0.1) is 11.3 Å². The standard InChI is InChI=1S/C11H13BrN4OS/c1-16-6-7(4-15-16)10(13)11(17)14-5-9-8(12)2-3-18-9/h2-4,6,10H,5,13H2,1H3,(H,14,17). The van der Waals surface area contributed by atoms with Crippen LogP contribution in [0, 0.1) is 0 Å². The first-order valence-corrected chi connectivity index (χ1v) is 6.99. The molecule has 96 valence electrons. The third-order valence-electron chi connectivity index (χ3n) is 2.48. The topological polar surface area (TPSA) is 72.9 Å². The SMILES string of the molecule is Cn1cc(C(N)C(=O)NCc2sccc2Br)cn1. The first-order chi connectivity index (χ1) is 8.58. The van der Waals surface area contributed by atoms with Crippen molar-refractivity contribution in [2.75, 3.05) is 0 Å². The normalized spacial score (nSPS) is 12.4. The van der Waals surface area contributed by atoms with Gasteiger partial charge in [0.1, 0.15) is 6.04 Å². The first kappa shape index (κ1) is 13.3. The average Bonchev–Trinajstić information content (AvgIpc) is 2.94. The van der Waals surface area contributed by atoms with Gasteiger partial charge in [0, 0.05) is 28.2 Å². The van der Waals surface area contributed by atoms with Crippen LogP contribution < -0.4 is 11.1 Å². The molecule has 1 amide bonds. The fourth-order valence-electron chi connectivity index (χ4n) is 1.48. The van der Waals surface area contributed by atoms with Crippen LogP contribution >= 0.6 is 27.3 Å². The molecule has 3 N–H and O–H groups in total. The molecule has 1 unspecified atom stereocenters. The number of hydrogen-bond acceptors (Lipinski definition) is 4. The summed E-state index contributed by atoms with van der Waals surface area (Å²) >= 11 is 5.00. The summed E-state index contributed by atoms with van der Waals surface area (Å²) in [6.07, 6.45) is 3.34. The Hall–Kier alpha value is -1.18. The Balaban J connectivity index is 1.94. The lowest BCUT2D eigenvalue weighted by Crippen LogP contribution is -2.33. The Bertz CT molecular complexity index is 551. The Morgan fingerprint density at radius 3 is 3.06 bits per heavy atom. The lowest BCUT2D eigenvalue weighted by atomic mass is 10.1. The maximum Gasteiger partial charge on any atom is 0.241 e. The fraction of sp³-hybridized carbons (Fsp3) is 0.273. The summed E-state index contributed by atoms with van der Waals surface area (Å²) in [6.45, 7) is 0.477. The summed E-state index contributed by atoms with van der Waals surface area (Å²) in [4.78, 5) is 12.9. The lowest BCUT2D eigenvalue weighted by Gasteiger charge is -2.10. The molecule has 2 aromatic heterocycles. The predicted molar refractivity (Wildman–Crippen MR) is 74.0 cm³/mol. The van der Waals surface area contributed by atoms with Crippen LogP contribution in [0.5, 0.6) is 0 Å². The molecule has 18 heavy (non-hydrogen) atoms. The van der Waals surface area contributed by atoms with Crippen LogP contribution in [-0.2, 0) is 18.4 Å². The molecular weight excluding hydrogens is 316 g/mol. The van der Waals surface area contributed by atoms with E-state index in [1.165, 1.54) is 0 Å². The van der Waals surface area contributed by atoms with Gasteiger partial charge in [-0.2, -0.15) is 5.10 Å². The van der Waals surface area contributed by atoms with E-state index < -0.39 is 6.04 Å². The van der Waals surface area contributed by atoms with Crippen molar-refractivity contribution in [2.45, 2.75) is 12.6 Å². The Morgan fingerprint density at radius 2 is 2.50 bits per heavy atom. The predicted octanol–water partition coefficient (Wildman–Crippen LogP) is 1.56. The van der Waals surface area contributed by atoms with Crippen LogP contribution in [-0.4, -0.2) is 15.7 Å². The van der Waals surface area contributed by atoms with Crippen LogP contribution in [0.15, 0.2) is 28.3 Å². The molecule has 2 rings (SSSR count). The molecule has 7 heteroatoms. The zero-order valence-electron chi connectivity index (χ0n) is 9.76.